The van der Waals surface area contributed by atoms with Crippen molar-refractivity contribution in [2.24, 2.45) is 8.14 Å². The number of carbonyl (C=O) groups excluding carboxylic acids is 1. The molecule has 2 aliphatic heterocycles. The van der Waals surface area contributed by atoms with E-state index in [0.717, 1.165) is 17.2 Å². The van der Waals surface area contributed by atoms with Crippen LogP contribution in [0.15, 0.2) is 44.5 Å². The van der Waals surface area contributed by atoms with Gasteiger partial charge in [0.1, 0.15) is 32.9 Å². The SMILES string of the molecule is O=C(N=c1nc2ccc(F)cc2c2n1CCN2)c1ccc2c(c1)N=IN2. The van der Waals surface area contributed by atoms with Gasteiger partial charge in [0.15, 0.2) is 0 Å². The van der Waals surface area contributed by atoms with Crippen molar-refractivity contribution < 1.29 is 9.18 Å². The van der Waals surface area contributed by atoms with E-state index in [2.05, 4.69) is 22.0 Å². The summed E-state index contributed by atoms with van der Waals surface area (Å²) in [6, 6.07) is 9.73. The van der Waals surface area contributed by atoms with Gasteiger partial charge in [0.2, 0.25) is 5.62 Å². The first kappa shape index (κ1) is 15.6. The van der Waals surface area contributed by atoms with Gasteiger partial charge in [-0.3, -0.25) is 9.36 Å². The van der Waals surface area contributed by atoms with Gasteiger partial charge in [-0.05, 0) is 36.4 Å². The second-order valence-electron chi connectivity index (χ2n) is 5.91. The summed E-state index contributed by atoms with van der Waals surface area (Å²) >= 11 is -0.419. The van der Waals surface area contributed by atoms with E-state index in [9.17, 15) is 9.18 Å². The molecule has 0 fully saturated rings. The van der Waals surface area contributed by atoms with Crippen molar-refractivity contribution in [1.29, 1.82) is 0 Å². The van der Waals surface area contributed by atoms with Crippen LogP contribution >= 0.6 is 21.3 Å². The van der Waals surface area contributed by atoms with Gasteiger partial charge in [-0.2, -0.15) is 4.99 Å². The Bertz CT molecular complexity index is 1190. The van der Waals surface area contributed by atoms with Crippen LogP contribution in [-0.4, -0.2) is 22.0 Å². The number of rotatable bonds is 1. The molecule has 7 nitrogen and oxygen atoms in total. The largest absolute Gasteiger partial charge is 0.369 e. The minimum absolute atomic E-state index is 0.317. The first-order valence-corrected chi connectivity index (χ1v) is 10.0. The highest BCUT2D eigenvalue weighted by atomic mass is 127. The molecule has 130 valence electrons. The number of hydrogen-bond donors (Lipinski definition) is 2. The van der Waals surface area contributed by atoms with Crippen LogP contribution in [0.5, 0.6) is 0 Å². The van der Waals surface area contributed by atoms with Gasteiger partial charge in [-0.25, -0.2) is 12.5 Å². The van der Waals surface area contributed by atoms with E-state index < -0.39 is 21.3 Å². The average Bonchev–Trinajstić information content (AvgIpc) is 3.31. The number of carbonyl (C=O) groups is 1. The number of hydrogen-bond acceptors (Lipinski definition) is 5. The minimum Gasteiger partial charge on any atom is -0.369 e. The molecular formula is C17H12FIN6O. The van der Waals surface area contributed by atoms with Crippen LogP contribution in [0.1, 0.15) is 10.4 Å². The number of aromatic nitrogens is 2. The van der Waals surface area contributed by atoms with Crippen LogP contribution in [0.25, 0.3) is 10.9 Å². The highest BCUT2D eigenvalue weighted by Crippen LogP contribution is 2.36. The van der Waals surface area contributed by atoms with E-state index in [1.807, 2.05) is 10.6 Å². The Morgan fingerprint density at radius 3 is 3.12 bits per heavy atom. The van der Waals surface area contributed by atoms with E-state index in [1.54, 1.807) is 18.2 Å². The number of nitrogens with zero attached hydrogens (tertiary/aromatic N) is 4. The standard InChI is InChI=1S/C17H12FIN6O/c18-10-2-4-12-11(8-10)15-20-5-6-25(15)17(21-12)22-16(26)9-1-3-13-14(7-9)24-19-23-13/h1-4,7-8,20H,5-6H2,(H,23,24). The fraction of sp³-hybridized carbons (Fsp3) is 0.118. The molecule has 1 aromatic heterocycles. The van der Waals surface area contributed by atoms with E-state index >= 15 is 0 Å². The lowest BCUT2D eigenvalue weighted by Crippen LogP contribution is -2.24. The zero-order valence-corrected chi connectivity index (χ0v) is 15.5. The van der Waals surface area contributed by atoms with Gasteiger partial charge >= 0.3 is 0 Å². The normalized spacial score (nSPS) is 15.2. The number of benzene rings is 2. The Morgan fingerprint density at radius 2 is 2.19 bits per heavy atom. The third-order valence-corrected chi connectivity index (χ3v) is 5.88. The summed E-state index contributed by atoms with van der Waals surface area (Å²) in [6.45, 7) is 1.30. The topological polar surface area (TPSA) is 83.7 Å². The van der Waals surface area contributed by atoms with Crippen LogP contribution in [0.4, 0.5) is 21.6 Å². The Kier molecular flexibility index (Phi) is 3.55. The van der Waals surface area contributed by atoms with Gasteiger partial charge in [-0.15, -0.1) is 0 Å². The van der Waals surface area contributed by atoms with Crippen molar-refractivity contribution in [2.45, 2.75) is 6.54 Å². The smallest absolute Gasteiger partial charge is 0.280 e. The molecule has 0 unspecified atom stereocenters. The minimum atomic E-state index is -0.419. The van der Waals surface area contributed by atoms with Crippen molar-refractivity contribution in [1.82, 2.24) is 9.55 Å². The number of amides is 1. The molecule has 3 heterocycles. The van der Waals surface area contributed by atoms with Crippen LogP contribution in [0, 0.1) is 5.82 Å². The first-order valence-electron chi connectivity index (χ1n) is 7.96. The van der Waals surface area contributed by atoms with Crippen molar-refractivity contribution in [3.8, 4) is 0 Å². The zero-order valence-electron chi connectivity index (χ0n) is 13.3. The lowest BCUT2D eigenvalue weighted by molar-refractivity contribution is 0.0996. The second kappa shape index (κ2) is 5.94. The Hall–Kier alpha value is -2.69. The van der Waals surface area contributed by atoms with Crippen molar-refractivity contribution >= 4 is 55.3 Å². The van der Waals surface area contributed by atoms with Crippen LogP contribution in [0.3, 0.4) is 0 Å². The maximum Gasteiger partial charge on any atom is 0.280 e. The summed E-state index contributed by atoms with van der Waals surface area (Å²) in [4.78, 5) is 21.3. The van der Waals surface area contributed by atoms with E-state index in [1.165, 1.54) is 12.1 Å². The molecule has 0 radical (unpaired) electrons. The molecule has 0 atom stereocenters. The average molecular weight is 462 g/mol. The predicted octanol–water partition coefficient (Wildman–Crippen LogP) is 3.47. The molecule has 0 aliphatic carbocycles. The Morgan fingerprint density at radius 1 is 1.27 bits per heavy atom. The lowest BCUT2D eigenvalue weighted by atomic mass is 10.1. The number of nitrogens with one attached hydrogen (secondary N) is 2. The molecule has 9 heteroatoms. The molecule has 5 rings (SSSR count). The van der Waals surface area contributed by atoms with Crippen LogP contribution in [-0.2, 0) is 6.54 Å². The third-order valence-electron chi connectivity index (χ3n) is 4.30. The zero-order chi connectivity index (χ0) is 17.7. The summed E-state index contributed by atoms with van der Waals surface area (Å²) < 4.78 is 23.0. The molecule has 2 aliphatic rings. The Labute approximate surface area is 157 Å². The summed E-state index contributed by atoms with van der Waals surface area (Å²) in [7, 11) is 0. The van der Waals surface area contributed by atoms with Gasteiger partial charge < -0.3 is 8.85 Å². The molecule has 1 amide bonds. The first-order chi connectivity index (χ1) is 12.7. The molecule has 0 saturated carbocycles. The van der Waals surface area contributed by atoms with Crippen molar-refractivity contribution in [2.75, 3.05) is 15.4 Å². The molecule has 26 heavy (non-hydrogen) atoms. The monoisotopic (exact) mass is 462 g/mol. The van der Waals surface area contributed by atoms with Crippen molar-refractivity contribution in [3.05, 3.63) is 53.4 Å². The maximum absolute atomic E-state index is 13.6. The second-order valence-corrected chi connectivity index (χ2v) is 7.42. The highest BCUT2D eigenvalue weighted by molar-refractivity contribution is 14.2. The summed E-state index contributed by atoms with van der Waals surface area (Å²) in [5.41, 5.74) is 3.15. The van der Waals surface area contributed by atoms with E-state index in [4.69, 9.17) is 0 Å². The molecule has 0 saturated heterocycles. The predicted molar refractivity (Wildman–Crippen MR) is 104 cm³/mol. The van der Waals surface area contributed by atoms with Gasteiger partial charge in [0.25, 0.3) is 5.91 Å². The summed E-state index contributed by atoms with van der Waals surface area (Å²) in [5.74, 6) is 0.0393. The lowest BCUT2D eigenvalue weighted by Gasteiger charge is -2.08. The van der Waals surface area contributed by atoms with Crippen LogP contribution in [0.2, 0.25) is 0 Å². The quantitative estimate of drug-likeness (QED) is 0.429. The maximum atomic E-state index is 13.6. The number of fused-ring (bicyclic) bond motifs is 4. The van der Waals surface area contributed by atoms with Gasteiger partial charge in [0.05, 0.1) is 16.9 Å². The van der Waals surface area contributed by atoms with Crippen molar-refractivity contribution in [3.63, 3.8) is 0 Å². The highest BCUT2D eigenvalue weighted by Gasteiger charge is 2.17. The van der Waals surface area contributed by atoms with Gasteiger partial charge in [-0.1, -0.05) is 0 Å². The number of anilines is 2. The third kappa shape index (κ3) is 2.50. The molecule has 0 spiro atoms. The van der Waals surface area contributed by atoms with E-state index in [0.29, 0.717) is 35.2 Å². The fourth-order valence-electron chi connectivity index (χ4n) is 3.06. The molecular weight excluding hydrogens is 450 g/mol. The molecule has 3 aromatic rings. The molecule has 0 bridgehead atoms. The fourth-order valence-corrected chi connectivity index (χ4v) is 4.56. The van der Waals surface area contributed by atoms with Crippen LogP contribution < -0.4 is 14.5 Å². The summed E-state index contributed by atoms with van der Waals surface area (Å²) in [6.07, 6.45) is 0. The summed E-state index contributed by atoms with van der Waals surface area (Å²) in [5, 5.41) is 3.90. The molecule has 2 aromatic carbocycles. The van der Waals surface area contributed by atoms with E-state index in [-0.39, 0.29) is 11.7 Å². The Balaban J connectivity index is 1.66. The number of halogens is 2. The van der Waals surface area contributed by atoms with Gasteiger partial charge in [0, 0.05) is 24.0 Å². The molecule has 2 N–H and O–H groups in total.